The molecule has 0 aromatic rings. The van der Waals surface area contributed by atoms with E-state index in [0.717, 1.165) is 6.54 Å². The second-order valence-corrected chi connectivity index (χ2v) is 6.37. The van der Waals surface area contributed by atoms with Gasteiger partial charge in [-0.25, -0.2) is 0 Å². The van der Waals surface area contributed by atoms with Gasteiger partial charge < -0.3 is 10.2 Å². The van der Waals surface area contributed by atoms with E-state index in [1.54, 1.807) is 0 Å². The van der Waals surface area contributed by atoms with E-state index in [2.05, 4.69) is 49.9 Å². The van der Waals surface area contributed by atoms with Crippen LogP contribution in [0.5, 0.6) is 0 Å². The van der Waals surface area contributed by atoms with Gasteiger partial charge in [-0.15, -0.1) is 0 Å². The first-order chi connectivity index (χ1) is 7.88. The van der Waals surface area contributed by atoms with E-state index in [-0.39, 0.29) is 0 Å². The fraction of sp³-hybridized carbons (Fsp3) is 1.00. The van der Waals surface area contributed by atoms with Gasteiger partial charge in [0.05, 0.1) is 0 Å². The van der Waals surface area contributed by atoms with Crippen LogP contribution in [0.3, 0.4) is 0 Å². The summed E-state index contributed by atoms with van der Waals surface area (Å²) >= 11 is 0. The molecule has 1 N–H and O–H groups in total. The zero-order chi connectivity index (χ0) is 13.1. The van der Waals surface area contributed by atoms with Gasteiger partial charge >= 0.3 is 0 Å². The number of hydrogen-bond acceptors (Lipinski definition) is 3. The number of nitrogens with zero attached hydrogens (tertiary/aromatic N) is 2. The summed E-state index contributed by atoms with van der Waals surface area (Å²) < 4.78 is 0. The predicted octanol–water partition coefficient (Wildman–Crippen LogP) is 1.79. The maximum absolute atomic E-state index is 3.29. The molecule has 1 atom stereocenters. The van der Waals surface area contributed by atoms with Crippen LogP contribution >= 0.6 is 0 Å². The minimum Gasteiger partial charge on any atom is -0.320 e. The van der Waals surface area contributed by atoms with E-state index in [9.17, 15) is 0 Å². The van der Waals surface area contributed by atoms with Gasteiger partial charge in [-0.05, 0) is 67.7 Å². The molecule has 0 amide bonds. The molecule has 1 fully saturated rings. The van der Waals surface area contributed by atoms with Crippen LogP contribution in [-0.2, 0) is 0 Å². The average molecular weight is 241 g/mol. The van der Waals surface area contributed by atoms with Crippen molar-refractivity contribution in [2.24, 2.45) is 0 Å². The van der Waals surface area contributed by atoms with Crippen molar-refractivity contribution < 1.29 is 0 Å². The van der Waals surface area contributed by atoms with Gasteiger partial charge in [-0.1, -0.05) is 0 Å². The Morgan fingerprint density at radius 1 is 1.35 bits per heavy atom. The van der Waals surface area contributed by atoms with Gasteiger partial charge in [-0.3, -0.25) is 4.90 Å². The van der Waals surface area contributed by atoms with Crippen molar-refractivity contribution >= 4 is 0 Å². The molecule has 1 unspecified atom stereocenters. The van der Waals surface area contributed by atoms with E-state index in [4.69, 9.17) is 0 Å². The summed E-state index contributed by atoms with van der Waals surface area (Å²) in [5.74, 6) is 0. The van der Waals surface area contributed by atoms with Gasteiger partial charge in [0.25, 0.3) is 0 Å². The van der Waals surface area contributed by atoms with Crippen LogP contribution in [0.2, 0.25) is 0 Å². The first kappa shape index (κ1) is 14.9. The molecule has 0 saturated carbocycles. The van der Waals surface area contributed by atoms with Gasteiger partial charge in [0.1, 0.15) is 0 Å². The summed E-state index contributed by atoms with van der Waals surface area (Å²) in [7, 11) is 4.30. The minimum atomic E-state index is 0.317. The lowest BCUT2D eigenvalue weighted by atomic mass is 9.94. The smallest absolute Gasteiger partial charge is 0.0243 e. The third kappa shape index (κ3) is 3.94. The summed E-state index contributed by atoms with van der Waals surface area (Å²) in [6.07, 6.45) is 2.50. The van der Waals surface area contributed by atoms with Crippen LogP contribution in [0, 0.1) is 0 Å². The molecule has 17 heavy (non-hydrogen) atoms. The lowest BCUT2D eigenvalue weighted by Gasteiger charge is -2.45. The SMILES string of the molecule is CNCCC1CN(C)CCC(C)(C)N1C(C)C. The number of hydrogen-bond donors (Lipinski definition) is 1. The minimum absolute atomic E-state index is 0.317. The summed E-state index contributed by atoms with van der Waals surface area (Å²) in [5, 5.41) is 3.29. The van der Waals surface area contributed by atoms with Crippen molar-refractivity contribution in [2.75, 3.05) is 33.7 Å². The number of rotatable bonds is 4. The molecule has 1 aliphatic heterocycles. The number of likely N-dealkylation sites (N-methyl/N-ethyl adjacent to an activating group) is 1. The largest absolute Gasteiger partial charge is 0.320 e. The van der Waals surface area contributed by atoms with Gasteiger partial charge in [0.2, 0.25) is 0 Å². The van der Waals surface area contributed by atoms with Crippen LogP contribution in [-0.4, -0.2) is 61.2 Å². The summed E-state index contributed by atoms with van der Waals surface area (Å²) in [4.78, 5) is 5.22. The highest BCUT2D eigenvalue weighted by Gasteiger charge is 2.37. The topological polar surface area (TPSA) is 18.5 Å². The average Bonchev–Trinajstić information content (AvgIpc) is 2.32. The van der Waals surface area contributed by atoms with Crippen LogP contribution in [0.4, 0.5) is 0 Å². The Labute approximate surface area is 108 Å². The van der Waals surface area contributed by atoms with Crippen molar-refractivity contribution in [1.82, 2.24) is 15.1 Å². The lowest BCUT2D eigenvalue weighted by Crippen LogP contribution is -2.54. The van der Waals surface area contributed by atoms with E-state index < -0.39 is 0 Å². The van der Waals surface area contributed by atoms with Crippen LogP contribution in [0.1, 0.15) is 40.5 Å². The Balaban J connectivity index is 2.84. The molecule has 1 aliphatic rings. The first-order valence-corrected chi connectivity index (χ1v) is 7.00. The Morgan fingerprint density at radius 2 is 2.00 bits per heavy atom. The highest BCUT2D eigenvalue weighted by atomic mass is 15.3. The third-order valence-electron chi connectivity index (χ3n) is 4.00. The fourth-order valence-electron chi connectivity index (χ4n) is 3.29. The molecule has 0 aromatic carbocycles. The zero-order valence-electron chi connectivity index (χ0n) is 12.6. The van der Waals surface area contributed by atoms with Crippen LogP contribution < -0.4 is 5.32 Å². The Bertz CT molecular complexity index is 226. The molecule has 1 rings (SSSR count). The van der Waals surface area contributed by atoms with Crippen molar-refractivity contribution in [3.05, 3.63) is 0 Å². The molecule has 1 heterocycles. The second kappa shape index (κ2) is 6.17. The molecule has 0 bridgehead atoms. The van der Waals surface area contributed by atoms with Crippen molar-refractivity contribution in [3.8, 4) is 0 Å². The quantitative estimate of drug-likeness (QED) is 0.809. The monoisotopic (exact) mass is 241 g/mol. The van der Waals surface area contributed by atoms with E-state index in [1.165, 1.54) is 25.9 Å². The fourth-order valence-corrected chi connectivity index (χ4v) is 3.29. The highest BCUT2D eigenvalue weighted by Crippen LogP contribution is 2.29. The maximum atomic E-state index is 3.29. The number of nitrogens with one attached hydrogen (secondary N) is 1. The molecule has 0 aliphatic carbocycles. The third-order valence-corrected chi connectivity index (χ3v) is 4.00. The standard InChI is InChI=1S/C14H31N3/c1-12(2)17-13(7-9-15-5)11-16(6)10-8-14(17,3)4/h12-13,15H,7-11H2,1-6H3. The molecule has 102 valence electrons. The van der Waals surface area contributed by atoms with E-state index in [0.29, 0.717) is 17.6 Å². The van der Waals surface area contributed by atoms with Crippen molar-refractivity contribution in [1.29, 1.82) is 0 Å². The molecule has 1 saturated heterocycles. The summed E-state index contributed by atoms with van der Waals surface area (Å²) in [6.45, 7) is 13.0. The van der Waals surface area contributed by atoms with Crippen LogP contribution in [0.25, 0.3) is 0 Å². The van der Waals surface area contributed by atoms with E-state index in [1.807, 2.05) is 7.05 Å². The first-order valence-electron chi connectivity index (χ1n) is 7.00. The molecule has 0 radical (unpaired) electrons. The Hall–Kier alpha value is -0.120. The normalized spacial score (nSPS) is 27.4. The molecular weight excluding hydrogens is 210 g/mol. The lowest BCUT2D eigenvalue weighted by molar-refractivity contribution is 0.0390. The Morgan fingerprint density at radius 3 is 2.53 bits per heavy atom. The predicted molar refractivity (Wildman–Crippen MR) is 75.5 cm³/mol. The maximum Gasteiger partial charge on any atom is 0.0243 e. The molecule has 0 spiro atoms. The molecule has 0 aromatic heterocycles. The van der Waals surface area contributed by atoms with Gasteiger partial charge in [-0.2, -0.15) is 0 Å². The van der Waals surface area contributed by atoms with Crippen molar-refractivity contribution in [3.63, 3.8) is 0 Å². The van der Waals surface area contributed by atoms with Gasteiger partial charge in [0, 0.05) is 24.2 Å². The van der Waals surface area contributed by atoms with E-state index >= 15 is 0 Å². The van der Waals surface area contributed by atoms with Crippen molar-refractivity contribution in [2.45, 2.75) is 58.2 Å². The van der Waals surface area contributed by atoms with Crippen LogP contribution in [0.15, 0.2) is 0 Å². The molecule has 3 nitrogen and oxygen atoms in total. The highest BCUT2D eigenvalue weighted by molar-refractivity contribution is 4.93. The molecular formula is C14H31N3. The summed E-state index contributed by atoms with van der Waals surface area (Å²) in [5.41, 5.74) is 0.317. The molecule has 3 heteroatoms. The Kier molecular flexibility index (Phi) is 5.42. The zero-order valence-corrected chi connectivity index (χ0v) is 12.6. The second-order valence-electron chi connectivity index (χ2n) is 6.37. The van der Waals surface area contributed by atoms with Gasteiger partial charge in [0.15, 0.2) is 0 Å². The summed E-state index contributed by atoms with van der Waals surface area (Å²) in [6, 6.07) is 1.29.